The van der Waals surface area contributed by atoms with Crippen LogP contribution in [-0.2, 0) is 12.0 Å². The normalized spacial score (nSPS) is 12.6. The molecule has 4 nitrogen and oxygen atoms in total. The summed E-state index contributed by atoms with van der Waals surface area (Å²) < 4.78 is 0. The van der Waals surface area contributed by atoms with Gasteiger partial charge in [-0.3, -0.25) is 4.99 Å². The van der Waals surface area contributed by atoms with Crippen LogP contribution in [0.3, 0.4) is 0 Å². The number of nitrogens with one attached hydrogen (secondary N) is 1. The summed E-state index contributed by atoms with van der Waals surface area (Å²) in [4.78, 5) is 11.2. The van der Waals surface area contributed by atoms with Crippen molar-refractivity contribution >= 4 is 17.3 Å². The van der Waals surface area contributed by atoms with E-state index in [0.29, 0.717) is 0 Å². The van der Waals surface area contributed by atoms with E-state index >= 15 is 0 Å². The summed E-state index contributed by atoms with van der Waals surface area (Å²) in [5.41, 5.74) is 1.28. The third kappa shape index (κ3) is 5.12. The zero-order valence-electron chi connectivity index (χ0n) is 13.7. The van der Waals surface area contributed by atoms with Gasteiger partial charge in [0.05, 0.1) is 12.2 Å². The molecule has 1 N–H and O–H groups in total. The number of nitrogens with zero attached hydrogens (tertiary/aromatic N) is 3. The number of aromatic nitrogens is 1. The Morgan fingerprint density at radius 2 is 2.15 bits per heavy atom. The van der Waals surface area contributed by atoms with Crippen LogP contribution in [0.4, 0.5) is 0 Å². The predicted molar refractivity (Wildman–Crippen MR) is 88.6 cm³/mol. The summed E-state index contributed by atoms with van der Waals surface area (Å²) in [6.45, 7) is 10.5. The van der Waals surface area contributed by atoms with Crippen LogP contribution in [0.2, 0.25) is 0 Å². The number of thiazole rings is 1. The van der Waals surface area contributed by atoms with E-state index in [-0.39, 0.29) is 5.41 Å². The molecule has 0 radical (unpaired) electrons. The van der Waals surface area contributed by atoms with Gasteiger partial charge in [-0.25, -0.2) is 4.98 Å². The highest BCUT2D eigenvalue weighted by atomic mass is 32.1. The Hall–Kier alpha value is -1.10. The zero-order valence-corrected chi connectivity index (χ0v) is 14.5. The molecule has 20 heavy (non-hydrogen) atoms. The van der Waals surface area contributed by atoms with Crippen molar-refractivity contribution in [3.8, 4) is 0 Å². The third-order valence-electron chi connectivity index (χ3n) is 3.14. The Labute approximate surface area is 127 Å². The Morgan fingerprint density at radius 1 is 1.45 bits per heavy atom. The molecule has 0 aromatic carbocycles. The molecular formula is C15H28N4S. The molecule has 0 saturated carbocycles. The van der Waals surface area contributed by atoms with Crippen LogP contribution >= 0.6 is 11.3 Å². The number of hydrogen-bond donors (Lipinski definition) is 1. The Balaban J connectivity index is 2.55. The lowest BCUT2D eigenvalue weighted by Crippen LogP contribution is -2.38. The number of hydrogen-bond acceptors (Lipinski definition) is 3. The highest BCUT2D eigenvalue weighted by molar-refractivity contribution is 7.09. The molecule has 0 aliphatic rings. The van der Waals surface area contributed by atoms with Gasteiger partial charge < -0.3 is 10.2 Å². The lowest BCUT2D eigenvalue weighted by atomic mass is 9.93. The second-order valence-electron chi connectivity index (χ2n) is 6.05. The molecule has 5 heteroatoms. The maximum atomic E-state index is 4.69. The van der Waals surface area contributed by atoms with E-state index in [1.54, 1.807) is 11.3 Å². The molecular weight excluding hydrogens is 268 g/mol. The van der Waals surface area contributed by atoms with Crippen molar-refractivity contribution in [2.24, 2.45) is 4.99 Å². The van der Waals surface area contributed by atoms with E-state index in [1.807, 2.05) is 7.05 Å². The van der Waals surface area contributed by atoms with Gasteiger partial charge in [0.25, 0.3) is 0 Å². The molecule has 1 aromatic heterocycles. The summed E-state index contributed by atoms with van der Waals surface area (Å²) >= 11 is 1.71. The van der Waals surface area contributed by atoms with Crippen LogP contribution in [0.5, 0.6) is 0 Å². The topological polar surface area (TPSA) is 40.5 Å². The van der Waals surface area contributed by atoms with Gasteiger partial charge in [0, 0.05) is 31.4 Å². The van der Waals surface area contributed by atoms with Gasteiger partial charge in [-0.2, -0.15) is 0 Å². The first-order chi connectivity index (χ1) is 9.38. The van der Waals surface area contributed by atoms with Crippen LogP contribution < -0.4 is 5.32 Å². The number of rotatable bonds is 5. The molecule has 114 valence electrons. The lowest BCUT2D eigenvalue weighted by Gasteiger charge is -2.21. The van der Waals surface area contributed by atoms with Gasteiger partial charge in [-0.1, -0.05) is 34.1 Å². The van der Waals surface area contributed by atoms with Gasteiger partial charge in [0.15, 0.2) is 5.96 Å². The molecule has 0 unspecified atom stereocenters. The van der Waals surface area contributed by atoms with E-state index in [4.69, 9.17) is 4.98 Å². The zero-order chi connectivity index (χ0) is 15.2. The molecule has 0 amide bonds. The summed E-state index contributed by atoms with van der Waals surface area (Å²) in [6.07, 6.45) is 2.38. The minimum absolute atomic E-state index is 0.119. The van der Waals surface area contributed by atoms with Crippen molar-refractivity contribution in [1.82, 2.24) is 15.2 Å². The Morgan fingerprint density at radius 3 is 2.65 bits per heavy atom. The van der Waals surface area contributed by atoms with Crippen molar-refractivity contribution in [1.29, 1.82) is 0 Å². The van der Waals surface area contributed by atoms with Crippen LogP contribution in [0.1, 0.15) is 51.2 Å². The monoisotopic (exact) mass is 296 g/mol. The summed E-state index contributed by atoms with van der Waals surface area (Å²) in [5, 5.41) is 6.65. The Bertz CT molecular complexity index is 431. The molecule has 0 saturated heterocycles. The number of aliphatic imine (C=N–C) groups is 1. The van der Waals surface area contributed by atoms with E-state index in [2.05, 4.69) is 55.3 Å². The van der Waals surface area contributed by atoms with E-state index in [9.17, 15) is 0 Å². The molecule has 0 aliphatic heterocycles. The second-order valence-corrected chi connectivity index (χ2v) is 7.00. The average Bonchev–Trinajstić information content (AvgIpc) is 2.85. The summed E-state index contributed by atoms with van der Waals surface area (Å²) in [7, 11) is 3.90. The van der Waals surface area contributed by atoms with Crippen LogP contribution in [0, 0.1) is 0 Å². The van der Waals surface area contributed by atoms with E-state index in [1.165, 1.54) is 12.8 Å². The number of unbranched alkanes of at least 4 members (excludes halogenated alkanes) is 1. The molecule has 0 bridgehead atoms. The quantitative estimate of drug-likeness (QED) is 0.670. The molecule has 1 aromatic rings. The van der Waals surface area contributed by atoms with E-state index in [0.717, 1.165) is 29.8 Å². The molecule has 0 spiro atoms. The van der Waals surface area contributed by atoms with Gasteiger partial charge in [-0.05, 0) is 6.42 Å². The fourth-order valence-electron chi connectivity index (χ4n) is 1.78. The van der Waals surface area contributed by atoms with Crippen LogP contribution in [0.15, 0.2) is 10.4 Å². The smallest absolute Gasteiger partial charge is 0.193 e. The largest absolute Gasteiger partial charge is 0.350 e. The summed E-state index contributed by atoms with van der Waals surface area (Å²) in [6, 6.07) is 0. The number of guanidine groups is 1. The van der Waals surface area contributed by atoms with Crippen molar-refractivity contribution < 1.29 is 0 Å². The molecule has 1 rings (SSSR count). The van der Waals surface area contributed by atoms with Gasteiger partial charge in [0.2, 0.25) is 0 Å². The lowest BCUT2D eigenvalue weighted by molar-refractivity contribution is 0.464. The first kappa shape index (κ1) is 17.0. The molecule has 0 aliphatic carbocycles. The van der Waals surface area contributed by atoms with Crippen molar-refractivity contribution in [2.75, 3.05) is 20.6 Å². The van der Waals surface area contributed by atoms with Crippen LogP contribution in [-0.4, -0.2) is 36.5 Å². The van der Waals surface area contributed by atoms with E-state index < -0.39 is 0 Å². The molecule has 1 heterocycles. The maximum absolute atomic E-state index is 4.69. The predicted octanol–water partition coefficient (Wildman–Crippen LogP) is 3.25. The Kier molecular flexibility index (Phi) is 6.46. The molecule has 0 fully saturated rings. The first-order valence-electron chi connectivity index (χ1n) is 7.25. The van der Waals surface area contributed by atoms with Crippen molar-refractivity contribution in [3.05, 3.63) is 16.1 Å². The SMILES string of the molecule is CCCCN(C)C(=NC)NCc1nc(C(C)(C)C)cs1. The first-order valence-corrected chi connectivity index (χ1v) is 8.13. The average molecular weight is 296 g/mol. The highest BCUT2D eigenvalue weighted by Crippen LogP contribution is 2.23. The minimum atomic E-state index is 0.119. The van der Waals surface area contributed by atoms with Crippen LogP contribution in [0.25, 0.3) is 0 Å². The summed E-state index contributed by atoms with van der Waals surface area (Å²) in [5.74, 6) is 0.936. The van der Waals surface area contributed by atoms with Crippen molar-refractivity contribution in [2.45, 2.75) is 52.5 Å². The third-order valence-corrected chi connectivity index (χ3v) is 3.99. The molecule has 0 atom stereocenters. The van der Waals surface area contributed by atoms with Gasteiger partial charge >= 0.3 is 0 Å². The fraction of sp³-hybridized carbons (Fsp3) is 0.733. The van der Waals surface area contributed by atoms with Crippen molar-refractivity contribution in [3.63, 3.8) is 0 Å². The highest BCUT2D eigenvalue weighted by Gasteiger charge is 2.17. The van der Waals surface area contributed by atoms with Gasteiger partial charge in [0.1, 0.15) is 5.01 Å². The minimum Gasteiger partial charge on any atom is -0.350 e. The fourth-order valence-corrected chi connectivity index (χ4v) is 2.74. The second kappa shape index (κ2) is 7.62. The maximum Gasteiger partial charge on any atom is 0.193 e. The standard InChI is InChI=1S/C15H28N4S/c1-7-8-9-19(6)14(16-5)17-10-13-18-12(11-20-13)15(2,3)4/h11H,7-10H2,1-6H3,(H,16,17). The van der Waals surface area contributed by atoms with Gasteiger partial charge in [-0.15, -0.1) is 11.3 Å².